The maximum Gasteiger partial charge on any atom is 0.0986 e. The van der Waals surface area contributed by atoms with Crippen LogP contribution in [0.15, 0.2) is 0 Å². The number of methoxy groups -OCH3 is 1. The van der Waals surface area contributed by atoms with E-state index in [4.69, 9.17) is 4.74 Å². The molecule has 0 aliphatic carbocycles. The quantitative estimate of drug-likeness (QED) is 0.578. The monoisotopic (exact) mass is 143 g/mol. The van der Waals surface area contributed by atoms with Gasteiger partial charge in [-0.25, -0.2) is 0 Å². The lowest BCUT2D eigenvalue weighted by molar-refractivity contribution is 0.0414. The Balaban J connectivity index is 2.13. The van der Waals surface area contributed by atoms with E-state index in [0.29, 0.717) is 0 Å². The normalized spacial score (nSPS) is 23.4. The van der Waals surface area contributed by atoms with Gasteiger partial charge in [-0.05, 0) is 18.8 Å². The molecule has 1 aliphatic rings. The Kier molecular flexibility index (Phi) is 3.16. The summed E-state index contributed by atoms with van der Waals surface area (Å²) in [7, 11) is 1.76. The lowest BCUT2D eigenvalue weighted by atomic mass is 10.00. The first-order valence-corrected chi connectivity index (χ1v) is 4.04. The van der Waals surface area contributed by atoms with Crippen LogP contribution in [0.5, 0.6) is 0 Å². The molecule has 0 atom stereocenters. The second-order valence-electron chi connectivity index (χ2n) is 3.22. The molecule has 1 saturated heterocycles. The smallest absolute Gasteiger partial charge is 0.0986 e. The lowest BCUT2D eigenvalue weighted by Crippen LogP contribution is -2.34. The molecule has 0 N–H and O–H groups in total. The van der Waals surface area contributed by atoms with Crippen LogP contribution in [0.25, 0.3) is 0 Å². The third kappa shape index (κ3) is 2.27. The van der Waals surface area contributed by atoms with Crippen LogP contribution in [0.3, 0.4) is 0 Å². The molecule has 0 bridgehead atoms. The minimum absolute atomic E-state index is 0.812. The Labute approximate surface area is 63.2 Å². The maximum absolute atomic E-state index is 5.04. The summed E-state index contributed by atoms with van der Waals surface area (Å²) in [6.07, 6.45) is 2.67. The van der Waals surface area contributed by atoms with Crippen LogP contribution in [0.1, 0.15) is 19.8 Å². The zero-order chi connectivity index (χ0) is 7.40. The number of piperidine rings is 1. The Morgan fingerprint density at radius 1 is 1.40 bits per heavy atom. The molecule has 0 spiro atoms. The number of hydrogen-bond donors (Lipinski definition) is 0. The minimum Gasteiger partial charge on any atom is -0.369 e. The SMILES string of the molecule is COCN1CCC(C)CC1. The molecule has 2 heteroatoms. The molecule has 0 saturated carbocycles. The van der Waals surface area contributed by atoms with Crippen molar-refractivity contribution < 1.29 is 4.74 Å². The fourth-order valence-electron chi connectivity index (χ4n) is 1.37. The van der Waals surface area contributed by atoms with Gasteiger partial charge in [-0.2, -0.15) is 0 Å². The van der Waals surface area contributed by atoms with Crippen molar-refractivity contribution in [3.05, 3.63) is 0 Å². The summed E-state index contributed by atoms with van der Waals surface area (Å²) in [4.78, 5) is 2.36. The average molecular weight is 143 g/mol. The van der Waals surface area contributed by atoms with E-state index >= 15 is 0 Å². The second kappa shape index (κ2) is 3.94. The first-order chi connectivity index (χ1) is 4.83. The van der Waals surface area contributed by atoms with Crippen molar-refractivity contribution in [2.45, 2.75) is 19.8 Å². The van der Waals surface area contributed by atoms with Gasteiger partial charge < -0.3 is 4.74 Å². The fraction of sp³-hybridized carbons (Fsp3) is 1.00. The van der Waals surface area contributed by atoms with Crippen molar-refractivity contribution >= 4 is 0 Å². The Morgan fingerprint density at radius 3 is 2.50 bits per heavy atom. The fourth-order valence-corrected chi connectivity index (χ4v) is 1.37. The molecule has 1 fully saturated rings. The summed E-state index contributed by atoms with van der Waals surface area (Å²) in [5, 5.41) is 0. The van der Waals surface area contributed by atoms with Crippen LogP contribution in [-0.2, 0) is 4.74 Å². The van der Waals surface area contributed by atoms with Crippen molar-refractivity contribution in [1.29, 1.82) is 0 Å². The topological polar surface area (TPSA) is 12.5 Å². The molecular formula is C8H17NO. The van der Waals surface area contributed by atoms with Crippen molar-refractivity contribution in [2.24, 2.45) is 5.92 Å². The summed E-state index contributed by atoms with van der Waals surface area (Å²) < 4.78 is 5.04. The number of nitrogens with zero attached hydrogens (tertiary/aromatic N) is 1. The zero-order valence-electron chi connectivity index (χ0n) is 6.97. The average Bonchev–Trinajstić information content (AvgIpc) is 1.95. The first-order valence-electron chi connectivity index (χ1n) is 4.04. The van der Waals surface area contributed by atoms with Gasteiger partial charge in [-0.15, -0.1) is 0 Å². The van der Waals surface area contributed by atoms with Crippen molar-refractivity contribution in [1.82, 2.24) is 4.90 Å². The van der Waals surface area contributed by atoms with E-state index in [9.17, 15) is 0 Å². The van der Waals surface area contributed by atoms with Crippen LogP contribution in [0, 0.1) is 5.92 Å². The Bertz CT molecular complexity index is 87.3. The highest BCUT2D eigenvalue weighted by Gasteiger charge is 2.14. The van der Waals surface area contributed by atoms with Gasteiger partial charge in [0.1, 0.15) is 0 Å². The molecule has 0 amide bonds. The Morgan fingerprint density at radius 2 is 2.00 bits per heavy atom. The molecule has 0 aromatic carbocycles. The van der Waals surface area contributed by atoms with Crippen LogP contribution in [-0.4, -0.2) is 31.8 Å². The van der Waals surface area contributed by atoms with Gasteiger partial charge in [0.15, 0.2) is 0 Å². The van der Waals surface area contributed by atoms with Crippen LogP contribution in [0.2, 0.25) is 0 Å². The molecule has 0 aromatic rings. The molecule has 0 aromatic heterocycles. The number of hydrogen-bond acceptors (Lipinski definition) is 2. The molecule has 0 unspecified atom stereocenters. The van der Waals surface area contributed by atoms with E-state index < -0.39 is 0 Å². The summed E-state index contributed by atoms with van der Waals surface area (Å²) in [6, 6.07) is 0. The van der Waals surface area contributed by atoms with E-state index in [-0.39, 0.29) is 0 Å². The van der Waals surface area contributed by atoms with Gasteiger partial charge in [0.05, 0.1) is 6.73 Å². The summed E-state index contributed by atoms with van der Waals surface area (Å²) >= 11 is 0. The molecular weight excluding hydrogens is 126 g/mol. The Hall–Kier alpha value is -0.0800. The molecule has 0 radical (unpaired) electrons. The highest BCUT2D eigenvalue weighted by atomic mass is 16.5. The van der Waals surface area contributed by atoms with Gasteiger partial charge in [-0.3, -0.25) is 4.90 Å². The number of likely N-dealkylation sites (tertiary alicyclic amines) is 1. The molecule has 1 rings (SSSR count). The van der Waals surface area contributed by atoms with E-state index in [1.165, 1.54) is 25.9 Å². The molecule has 1 aliphatic heterocycles. The third-order valence-corrected chi connectivity index (χ3v) is 2.19. The van der Waals surface area contributed by atoms with Crippen molar-refractivity contribution in [3.63, 3.8) is 0 Å². The van der Waals surface area contributed by atoms with E-state index in [0.717, 1.165) is 12.6 Å². The summed E-state index contributed by atoms with van der Waals surface area (Å²) in [6.45, 7) is 5.57. The highest BCUT2D eigenvalue weighted by molar-refractivity contribution is 4.66. The minimum atomic E-state index is 0.812. The van der Waals surface area contributed by atoms with Gasteiger partial charge in [0, 0.05) is 20.2 Å². The maximum atomic E-state index is 5.04. The van der Waals surface area contributed by atoms with Crippen molar-refractivity contribution in [3.8, 4) is 0 Å². The molecule has 10 heavy (non-hydrogen) atoms. The molecule has 60 valence electrons. The first kappa shape index (κ1) is 8.02. The summed E-state index contributed by atoms with van der Waals surface area (Å²) in [5.41, 5.74) is 0. The van der Waals surface area contributed by atoms with Gasteiger partial charge in [-0.1, -0.05) is 6.92 Å². The molecule has 1 heterocycles. The van der Waals surface area contributed by atoms with Crippen molar-refractivity contribution in [2.75, 3.05) is 26.9 Å². The van der Waals surface area contributed by atoms with Gasteiger partial charge in [0.2, 0.25) is 0 Å². The predicted octanol–water partition coefficient (Wildman–Crippen LogP) is 1.32. The summed E-state index contributed by atoms with van der Waals surface area (Å²) in [5.74, 6) is 0.924. The van der Waals surface area contributed by atoms with Crippen LogP contribution in [0.4, 0.5) is 0 Å². The predicted molar refractivity (Wildman–Crippen MR) is 41.8 cm³/mol. The number of rotatable bonds is 2. The third-order valence-electron chi connectivity index (χ3n) is 2.19. The van der Waals surface area contributed by atoms with Gasteiger partial charge in [0.25, 0.3) is 0 Å². The van der Waals surface area contributed by atoms with E-state index in [2.05, 4.69) is 11.8 Å². The largest absolute Gasteiger partial charge is 0.369 e. The lowest BCUT2D eigenvalue weighted by Gasteiger charge is -2.29. The standard InChI is InChI=1S/C8H17NO/c1-8-3-5-9(6-4-8)7-10-2/h8H,3-7H2,1-2H3. The molecule has 2 nitrogen and oxygen atoms in total. The second-order valence-corrected chi connectivity index (χ2v) is 3.22. The number of ether oxygens (including phenoxy) is 1. The van der Waals surface area contributed by atoms with Gasteiger partial charge >= 0.3 is 0 Å². The van der Waals surface area contributed by atoms with E-state index in [1.54, 1.807) is 7.11 Å². The van der Waals surface area contributed by atoms with E-state index in [1.807, 2.05) is 0 Å². The highest BCUT2D eigenvalue weighted by Crippen LogP contribution is 2.14. The van der Waals surface area contributed by atoms with Crippen LogP contribution >= 0.6 is 0 Å². The van der Waals surface area contributed by atoms with Crippen LogP contribution < -0.4 is 0 Å². The zero-order valence-corrected chi connectivity index (χ0v) is 6.97.